The van der Waals surface area contributed by atoms with Crippen molar-refractivity contribution >= 4 is 17.3 Å². The van der Waals surface area contributed by atoms with Crippen LogP contribution in [0.2, 0.25) is 0 Å². The van der Waals surface area contributed by atoms with Gasteiger partial charge in [-0.1, -0.05) is 12.2 Å². The molecule has 1 N–H and O–H groups in total. The first kappa shape index (κ1) is 21.5. The highest BCUT2D eigenvalue weighted by Crippen LogP contribution is 2.35. The van der Waals surface area contributed by atoms with Gasteiger partial charge in [0.05, 0.1) is 31.1 Å². The topological polar surface area (TPSA) is 111 Å². The van der Waals surface area contributed by atoms with Crippen molar-refractivity contribution in [3.8, 4) is 22.4 Å². The molecule has 9 heteroatoms. The number of rotatable bonds is 7. The Balaban J connectivity index is 1.49. The highest BCUT2D eigenvalue weighted by Gasteiger charge is 2.49. The molecular weight excluding hydrogens is 420 g/mol. The van der Waals surface area contributed by atoms with E-state index in [9.17, 15) is 15.2 Å². The number of nitrogens with zero attached hydrogens (tertiary/aromatic N) is 2. The van der Waals surface area contributed by atoms with Crippen LogP contribution in [0.4, 0.5) is 0 Å². The molecule has 2 fully saturated rings. The monoisotopic (exact) mass is 442 g/mol. The zero-order valence-corrected chi connectivity index (χ0v) is 18.0. The fourth-order valence-electron chi connectivity index (χ4n) is 3.66. The van der Waals surface area contributed by atoms with E-state index in [0.717, 1.165) is 16.9 Å². The van der Waals surface area contributed by atoms with Crippen molar-refractivity contribution in [3.63, 3.8) is 0 Å². The minimum absolute atomic E-state index is 0.176. The molecule has 162 valence electrons. The number of carbonyl (C=O) groups is 1. The quantitative estimate of drug-likeness (QED) is 0.651. The lowest BCUT2D eigenvalue weighted by Gasteiger charge is -2.19. The molecule has 3 heterocycles. The Morgan fingerprint density at radius 1 is 1.35 bits per heavy atom. The zero-order valence-electron chi connectivity index (χ0n) is 17.2. The fourth-order valence-corrected chi connectivity index (χ4v) is 4.56. The molecule has 0 aliphatic carbocycles. The summed E-state index contributed by atoms with van der Waals surface area (Å²) < 4.78 is 23.6. The van der Waals surface area contributed by atoms with E-state index in [1.807, 2.05) is 6.92 Å². The van der Waals surface area contributed by atoms with Crippen molar-refractivity contribution in [2.75, 3.05) is 19.8 Å². The van der Waals surface area contributed by atoms with Crippen LogP contribution in [-0.4, -0.2) is 60.3 Å². The molecule has 1 aromatic heterocycles. The number of carboxylic acids is 1. The molecule has 1 aromatic carbocycles. The van der Waals surface area contributed by atoms with Crippen molar-refractivity contribution in [2.45, 2.75) is 38.3 Å². The summed E-state index contributed by atoms with van der Waals surface area (Å²) in [4.78, 5) is 15.8. The van der Waals surface area contributed by atoms with Gasteiger partial charge in [0.25, 0.3) is 0 Å². The van der Waals surface area contributed by atoms with Gasteiger partial charge in [0.2, 0.25) is 0 Å². The number of aryl methyl sites for hydroxylation is 1. The molecule has 2 aliphatic heterocycles. The Morgan fingerprint density at radius 2 is 2.06 bits per heavy atom. The molecular formula is C22H22N2O6S. The third-order valence-corrected chi connectivity index (χ3v) is 6.32. The number of ether oxygens (including phenoxy) is 4. The summed E-state index contributed by atoms with van der Waals surface area (Å²) in [5.74, 6) is -0.596. The van der Waals surface area contributed by atoms with Gasteiger partial charge in [-0.05, 0) is 32.0 Å². The Labute approximate surface area is 183 Å². The Kier molecular flexibility index (Phi) is 6.07. The highest BCUT2D eigenvalue weighted by molar-refractivity contribution is 7.17. The average Bonchev–Trinajstić information content (AvgIpc) is 3.43. The van der Waals surface area contributed by atoms with E-state index in [-0.39, 0.29) is 29.3 Å². The first-order chi connectivity index (χ1) is 14.9. The van der Waals surface area contributed by atoms with Gasteiger partial charge >= 0.3 is 5.97 Å². The second-order valence-electron chi connectivity index (χ2n) is 7.62. The number of aromatic nitrogens is 1. The van der Waals surface area contributed by atoms with Gasteiger partial charge in [-0.3, -0.25) is 0 Å². The molecule has 0 spiro atoms. The summed E-state index contributed by atoms with van der Waals surface area (Å²) >= 11 is 1.08. The van der Waals surface area contributed by atoms with Gasteiger partial charge in [-0.25, -0.2) is 9.78 Å². The predicted molar refractivity (Wildman–Crippen MR) is 112 cm³/mol. The predicted octanol–water partition coefficient (Wildman–Crippen LogP) is 3.19. The average molecular weight is 442 g/mol. The third kappa shape index (κ3) is 4.34. The molecule has 2 aliphatic rings. The lowest BCUT2D eigenvalue weighted by molar-refractivity contribution is -0.0277. The van der Waals surface area contributed by atoms with Gasteiger partial charge in [-0.2, -0.15) is 5.26 Å². The van der Waals surface area contributed by atoms with Crippen LogP contribution in [0.1, 0.15) is 27.9 Å². The van der Waals surface area contributed by atoms with E-state index in [2.05, 4.69) is 17.6 Å². The Hall–Kier alpha value is -2.77. The molecule has 0 saturated carbocycles. The van der Waals surface area contributed by atoms with Crippen molar-refractivity contribution < 1.29 is 28.8 Å². The summed E-state index contributed by atoms with van der Waals surface area (Å²) in [6, 6.07) is 7.26. The van der Waals surface area contributed by atoms with E-state index in [1.54, 1.807) is 25.1 Å². The fraction of sp³-hybridized carbons (Fsp3) is 0.409. The Bertz CT molecular complexity index is 1060. The normalized spacial score (nSPS) is 24.5. The van der Waals surface area contributed by atoms with E-state index in [4.69, 9.17) is 18.9 Å². The van der Waals surface area contributed by atoms with Gasteiger partial charge < -0.3 is 24.1 Å². The molecule has 4 rings (SSSR count). The third-order valence-electron chi connectivity index (χ3n) is 5.12. The maximum atomic E-state index is 11.3. The first-order valence-corrected chi connectivity index (χ1v) is 10.6. The van der Waals surface area contributed by atoms with E-state index >= 15 is 0 Å². The number of carboxylic acid groups (broad SMARTS) is 1. The van der Waals surface area contributed by atoms with Crippen LogP contribution in [0.5, 0.6) is 5.75 Å². The molecule has 0 amide bonds. The second-order valence-corrected chi connectivity index (χ2v) is 8.62. The SMILES string of the molecule is C=C(C)CO[C@H]1CO[C@H]2[C@@H]1OC[C@@H]2Oc1ccc(-c2nc(C)c(C(=O)O)s2)cc1C#N. The molecule has 0 radical (unpaired) electrons. The number of hydrogen-bond donors (Lipinski definition) is 1. The van der Waals surface area contributed by atoms with Crippen molar-refractivity contribution in [2.24, 2.45) is 0 Å². The highest BCUT2D eigenvalue weighted by atomic mass is 32.1. The van der Waals surface area contributed by atoms with Crippen molar-refractivity contribution in [1.29, 1.82) is 5.26 Å². The molecule has 8 nitrogen and oxygen atoms in total. The maximum Gasteiger partial charge on any atom is 0.347 e. The summed E-state index contributed by atoms with van der Waals surface area (Å²) in [7, 11) is 0. The summed E-state index contributed by atoms with van der Waals surface area (Å²) in [5, 5.41) is 19.4. The molecule has 2 saturated heterocycles. The van der Waals surface area contributed by atoms with E-state index < -0.39 is 5.97 Å². The van der Waals surface area contributed by atoms with Crippen molar-refractivity contribution in [3.05, 3.63) is 46.5 Å². The minimum atomic E-state index is -1.01. The largest absolute Gasteiger partial charge is 0.484 e. The maximum absolute atomic E-state index is 11.3. The van der Waals surface area contributed by atoms with Crippen LogP contribution in [0.3, 0.4) is 0 Å². The van der Waals surface area contributed by atoms with Gasteiger partial charge in [-0.15, -0.1) is 11.3 Å². The van der Waals surface area contributed by atoms with Crippen LogP contribution in [0, 0.1) is 18.3 Å². The molecule has 4 atom stereocenters. The van der Waals surface area contributed by atoms with Crippen LogP contribution in [-0.2, 0) is 14.2 Å². The lowest BCUT2D eigenvalue weighted by Crippen LogP contribution is -2.35. The molecule has 0 unspecified atom stereocenters. The molecule has 31 heavy (non-hydrogen) atoms. The summed E-state index contributed by atoms with van der Waals surface area (Å²) in [6.45, 7) is 8.60. The number of hydrogen-bond acceptors (Lipinski definition) is 8. The minimum Gasteiger partial charge on any atom is -0.484 e. The van der Waals surface area contributed by atoms with E-state index in [1.165, 1.54) is 0 Å². The lowest BCUT2D eigenvalue weighted by atomic mass is 10.1. The summed E-state index contributed by atoms with van der Waals surface area (Å²) in [5.41, 5.74) is 2.37. The first-order valence-electron chi connectivity index (χ1n) is 9.78. The zero-order chi connectivity index (χ0) is 22.1. The Morgan fingerprint density at radius 3 is 2.71 bits per heavy atom. The van der Waals surface area contributed by atoms with Gasteiger partial charge in [0, 0.05) is 5.56 Å². The van der Waals surface area contributed by atoms with Gasteiger partial charge in [0.15, 0.2) is 6.10 Å². The van der Waals surface area contributed by atoms with Crippen molar-refractivity contribution in [1.82, 2.24) is 4.98 Å². The van der Waals surface area contributed by atoms with Crippen LogP contribution >= 0.6 is 11.3 Å². The van der Waals surface area contributed by atoms with Crippen LogP contribution in [0.15, 0.2) is 30.4 Å². The number of nitriles is 1. The standard InChI is InChI=1S/C22H22N2O6S/c1-11(2)8-27-16-9-28-19-17(10-29-18(16)19)30-15-5-4-13(6-14(15)7-23)21-24-12(3)20(31-21)22(25)26/h4-6,16-19H,1,8-10H2,2-3H3,(H,25,26)/t16-,17-,18+,19+/m0/s1. The van der Waals surface area contributed by atoms with Crippen LogP contribution < -0.4 is 4.74 Å². The van der Waals surface area contributed by atoms with Gasteiger partial charge in [0.1, 0.15) is 40.0 Å². The number of aromatic carboxylic acids is 1. The number of benzene rings is 1. The number of thiazole rings is 1. The number of fused-ring (bicyclic) bond motifs is 1. The van der Waals surface area contributed by atoms with Crippen LogP contribution in [0.25, 0.3) is 10.6 Å². The summed E-state index contributed by atoms with van der Waals surface area (Å²) in [6.07, 6.45) is -1.03. The molecule has 2 aromatic rings. The second kappa shape index (κ2) is 8.77. The molecule has 0 bridgehead atoms. The van der Waals surface area contributed by atoms with E-state index in [0.29, 0.717) is 47.4 Å². The smallest absolute Gasteiger partial charge is 0.347 e.